The molecule has 5 heteroatoms. The van der Waals surface area contributed by atoms with E-state index < -0.39 is 0 Å². The van der Waals surface area contributed by atoms with E-state index in [4.69, 9.17) is 0 Å². The van der Waals surface area contributed by atoms with Crippen molar-refractivity contribution >= 4 is 11.6 Å². The van der Waals surface area contributed by atoms with Crippen LogP contribution in [-0.2, 0) is 0 Å². The Morgan fingerprint density at radius 2 is 2.33 bits per heavy atom. The molecule has 1 saturated heterocycles. The molecule has 2 rings (SSSR count). The summed E-state index contributed by atoms with van der Waals surface area (Å²) in [4.78, 5) is 11.1. The standard InChI is InChI=1S/C13H23N5/c1-4-7-18(3)13-8-12(15-10(2)16-13)17-11-5-6-14-9-11/h8,11,14H,4-7,9H2,1-3H3,(H,15,16,17). The molecule has 1 aliphatic heterocycles. The third-order valence-electron chi connectivity index (χ3n) is 3.19. The Kier molecular flexibility index (Phi) is 4.36. The number of aromatic nitrogens is 2. The summed E-state index contributed by atoms with van der Waals surface area (Å²) in [5, 5.41) is 6.83. The smallest absolute Gasteiger partial charge is 0.134 e. The van der Waals surface area contributed by atoms with Crippen LogP contribution in [0, 0.1) is 6.92 Å². The lowest BCUT2D eigenvalue weighted by molar-refractivity contribution is 0.782. The maximum absolute atomic E-state index is 4.49. The monoisotopic (exact) mass is 249 g/mol. The van der Waals surface area contributed by atoms with Gasteiger partial charge in [0.1, 0.15) is 17.5 Å². The summed E-state index contributed by atoms with van der Waals surface area (Å²) >= 11 is 0. The maximum atomic E-state index is 4.49. The first kappa shape index (κ1) is 13.1. The van der Waals surface area contributed by atoms with E-state index in [9.17, 15) is 0 Å². The second-order valence-corrected chi connectivity index (χ2v) is 4.91. The fourth-order valence-electron chi connectivity index (χ4n) is 2.26. The lowest BCUT2D eigenvalue weighted by atomic mass is 10.2. The molecule has 0 amide bonds. The number of hydrogen-bond acceptors (Lipinski definition) is 5. The third-order valence-corrected chi connectivity index (χ3v) is 3.19. The second-order valence-electron chi connectivity index (χ2n) is 4.91. The van der Waals surface area contributed by atoms with Crippen LogP contribution in [0.15, 0.2) is 6.07 Å². The van der Waals surface area contributed by atoms with Gasteiger partial charge in [0.05, 0.1) is 0 Å². The highest BCUT2D eigenvalue weighted by atomic mass is 15.2. The molecule has 0 bridgehead atoms. The summed E-state index contributed by atoms with van der Waals surface area (Å²) in [5.74, 6) is 2.76. The predicted molar refractivity (Wildman–Crippen MR) is 75.2 cm³/mol. The van der Waals surface area contributed by atoms with Crippen LogP contribution in [0.4, 0.5) is 11.6 Å². The fourth-order valence-corrected chi connectivity index (χ4v) is 2.26. The van der Waals surface area contributed by atoms with Crippen molar-refractivity contribution in [3.05, 3.63) is 11.9 Å². The van der Waals surface area contributed by atoms with Crippen molar-refractivity contribution in [2.45, 2.75) is 32.7 Å². The average molecular weight is 249 g/mol. The van der Waals surface area contributed by atoms with Gasteiger partial charge in [-0.2, -0.15) is 0 Å². The number of rotatable bonds is 5. The molecule has 0 spiro atoms. The summed E-state index contributed by atoms with van der Waals surface area (Å²) in [6.45, 7) is 7.24. The molecule has 2 N–H and O–H groups in total. The molecule has 0 radical (unpaired) electrons. The van der Waals surface area contributed by atoms with Crippen LogP contribution in [0.2, 0.25) is 0 Å². The quantitative estimate of drug-likeness (QED) is 0.826. The zero-order chi connectivity index (χ0) is 13.0. The molecule has 1 aromatic rings. The van der Waals surface area contributed by atoms with Gasteiger partial charge in [-0.1, -0.05) is 6.92 Å². The van der Waals surface area contributed by atoms with Crippen LogP contribution >= 0.6 is 0 Å². The Balaban J connectivity index is 2.09. The number of anilines is 2. The average Bonchev–Trinajstić information content (AvgIpc) is 2.81. The van der Waals surface area contributed by atoms with Crippen molar-refractivity contribution in [3.8, 4) is 0 Å². The summed E-state index contributed by atoms with van der Waals surface area (Å²) < 4.78 is 0. The molecular weight excluding hydrogens is 226 g/mol. The van der Waals surface area contributed by atoms with E-state index in [1.165, 1.54) is 0 Å². The molecule has 0 saturated carbocycles. The van der Waals surface area contributed by atoms with Gasteiger partial charge in [0.2, 0.25) is 0 Å². The normalized spacial score (nSPS) is 18.9. The summed E-state index contributed by atoms with van der Waals surface area (Å²) in [6.07, 6.45) is 2.28. The molecule has 18 heavy (non-hydrogen) atoms. The van der Waals surface area contributed by atoms with Gasteiger partial charge in [0.15, 0.2) is 0 Å². The minimum atomic E-state index is 0.489. The van der Waals surface area contributed by atoms with Crippen molar-refractivity contribution in [2.75, 3.05) is 36.9 Å². The van der Waals surface area contributed by atoms with Gasteiger partial charge in [-0.3, -0.25) is 0 Å². The molecule has 1 aliphatic rings. The Bertz CT molecular complexity index is 387. The first-order valence-corrected chi connectivity index (χ1v) is 6.73. The maximum Gasteiger partial charge on any atom is 0.134 e. The zero-order valence-corrected chi connectivity index (χ0v) is 11.5. The van der Waals surface area contributed by atoms with E-state index in [1.54, 1.807) is 0 Å². The largest absolute Gasteiger partial charge is 0.366 e. The Morgan fingerprint density at radius 3 is 3.00 bits per heavy atom. The van der Waals surface area contributed by atoms with Crippen LogP contribution < -0.4 is 15.5 Å². The molecule has 0 aromatic carbocycles. The first-order chi connectivity index (χ1) is 8.69. The van der Waals surface area contributed by atoms with Gasteiger partial charge in [-0.25, -0.2) is 9.97 Å². The van der Waals surface area contributed by atoms with Crippen molar-refractivity contribution in [1.82, 2.24) is 15.3 Å². The predicted octanol–water partition coefficient (Wildman–Crippen LogP) is 1.41. The highest BCUT2D eigenvalue weighted by molar-refractivity contribution is 5.49. The molecule has 5 nitrogen and oxygen atoms in total. The third kappa shape index (κ3) is 3.32. The number of aryl methyl sites for hydroxylation is 1. The molecule has 0 aliphatic carbocycles. The topological polar surface area (TPSA) is 53.1 Å². The summed E-state index contributed by atoms with van der Waals surface area (Å²) in [6, 6.07) is 2.53. The molecule has 1 aromatic heterocycles. The Hall–Kier alpha value is -1.36. The van der Waals surface area contributed by atoms with Crippen molar-refractivity contribution in [3.63, 3.8) is 0 Å². The molecule has 100 valence electrons. The Morgan fingerprint density at radius 1 is 1.50 bits per heavy atom. The van der Waals surface area contributed by atoms with Gasteiger partial charge in [-0.15, -0.1) is 0 Å². The Labute approximate surface area is 109 Å². The summed E-state index contributed by atoms with van der Waals surface area (Å²) in [7, 11) is 2.08. The van der Waals surface area contributed by atoms with Crippen LogP contribution in [0.3, 0.4) is 0 Å². The first-order valence-electron chi connectivity index (χ1n) is 6.73. The van der Waals surface area contributed by atoms with Gasteiger partial charge in [0.25, 0.3) is 0 Å². The van der Waals surface area contributed by atoms with E-state index >= 15 is 0 Å². The van der Waals surface area contributed by atoms with Crippen LogP contribution in [0.1, 0.15) is 25.6 Å². The van der Waals surface area contributed by atoms with Gasteiger partial charge in [0, 0.05) is 32.2 Å². The van der Waals surface area contributed by atoms with E-state index in [0.717, 1.165) is 49.9 Å². The van der Waals surface area contributed by atoms with Crippen molar-refractivity contribution < 1.29 is 0 Å². The number of nitrogens with one attached hydrogen (secondary N) is 2. The zero-order valence-electron chi connectivity index (χ0n) is 11.5. The molecule has 1 fully saturated rings. The van der Waals surface area contributed by atoms with Gasteiger partial charge >= 0.3 is 0 Å². The van der Waals surface area contributed by atoms with E-state index in [2.05, 4.69) is 39.5 Å². The lowest BCUT2D eigenvalue weighted by Crippen LogP contribution is -2.24. The summed E-state index contributed by atoms with van der Waals surface area (Å²) in [5.41, 5.74) is 0. The van der Waals surface area contributed by atoms with Crippen LogP contribution in [0.25, 0.3) is 0 Å². The molecular formula is C13H23N5. The minimum Gasteiger partial charge on any atom is -0.366 e. The van der Waals surface area contributed by atoms with E-state index in [1.807, 2.05) is 13.0 Å². The van der Waals surface area contributed by atoms with Gasteiger partial charge < -0.3 is 15.5 Å². The van der Waals surface area contributed by atoms with E-state index in [-0.39, 0.29) is 0 Å². The number of nitrogens with zero attached hydrogens (tertiary/aromatic N) is 3. The minimum absolute atomic E-state index is 0.489. The van der Waals surface area contributed by atoms with Crippen LogP contribution in [-0.4, -0.2) is 42.7 Å². The van der Waals surface area contributed by atoms with Crippen molar-refractivity contribution in [2.24, 2.45) is 0 Å². The molecule has 1 atom stereocenters. The second kappa shape index (κ2) is 6.00. The highest BCUT2D eigenvalue weighted by Gasteiger charge is 2.15. The SMILES string of the molecule is CCCN(C)c1cc(NC2CCNC2)nc(C)n1. The van der Waals surface area contributed by atoms with Crippen LogP contribution in [0.5, 0.6) is 0 Å². The van der Waals surface area contributed by atoms with Gasteiger partial charge in [-0.05, 0) is 26.3 Å². The number of hydrogen-bond donors (Lipinski definition) is 2. The van der Waals surface area contributed by atoms with E-state index in [0.29, 0.717) is 6.04 Å². The van der Waals surface area contributed by atoms with Crippen molar-refractivity contribution in [1.29, 1.82) is 0 Å². The molecule has 1 unspecified atom stereocenters. The highest BCUT2D eigenvalue weighted by Crippen LogP contribution is 2.16. The lowest BCUT2D eigenvalue weighted by Gasteiger charge is -2.19. The molecule has 2 heterocycles. The fraction of sp³-hybridized carbons (Fsp3) is 0.692.